The number of hydrogen-bond donors (Lipinski definition) is 2. The van der Waals surface area contributed by atoms with Crippen molar-refractivity contribution < 1.29 is 4.74 Å². The van der Waals surface area contributed by atoms with Gasteiger partial charge in [0.2, 0.25) is 0 Å². The van der Waals surface area contributed by atoms with Crippen LogP contribution in [0.25, 0.3) is 10.2 Å². The molecule has 1 aromatic carbocycles. The number of fused-ring (bicyclic) bond motifs is 1. The third-order valence-electron chi connectivity index (χ3n) is 4.48. The lowest BCUT2D eigenvalue weighted by atomic mass is 9.64. The van der Waals surface area contributed by atoms with Crippen molar-refractivity contribution in [1.29, 1.82) is 0 Å². The summed E-state index contributed by atoms with van der Waals surface area (Å²) < 4.78 is 6.64. The zero-order chi connectivity index (χ0) is 14.3. The summed E-state index contributed by atoms with van der Waals surface area (Å²) in [6, 6.07) is 6.85. The minimum absolute atomic E-state index is 0.202. The minimum atomic E-state index is 0.202. The van der Waals surface area contributed by atoms with Crippen molar-refractivity contribution >= 4 is 26.7 Å². The first-order valence-corrected chi connectivity index (χ1v) is 7.73. The molecule has 1 fully saturated rings. The van der Waals surface area contributed by atoms with Gasteiger partial charge in [-0.05, 0) is 24.1 Å². The molecule has 2 unspecified atom stereocenters. The maximum atomic E-state index is 5.74. The molecule has 0 bridgehead atoms. The van der Waals surface area contributed by atoms with E-state index in [1.54, 1.807) is 18.4 Å². The van der Waals surface area contributed by atoms with E-state index >= 15 is 0 Å². The number of anilines is 1. The van der Waals surface area contributed by atoms with Crippen LogP contribution in [0, 0.1) is 5.41 Å². The van der Waals surface area contributed by atoms with Crippen LogP contribution in [-0.2, 0) is 11.3 Å². The Hall–Kier alpha value is -1.17. The van der Waals surface area contributed by atoms with Gasteiger partial charge in [0.1, 0.15) is 0 Å². The van der Waals surface area contributed by atoms with Crippen LogP contribution in [0.15, 0.2) is 18.2 Å². The van der Waals surface area contributed by atoms with Gasteiger partial charge in [-0.2, -0.15) is 0 Å². The molecule has 20 heavy (non-hydrogen) atoms. The van der Waals surface area contributed by atoms with Gasteiger partial charge in [0.15, 0.2) is 5.13 Å². The largest absolute Gasteiger partial charge is 0.381 e. The molecule has 2 aromatic rings. The number of nitrogen functional groups attached to an aromatic ring is 1. The average molecular weight is 291 g/mol. The van der Waals surface area contributed by atoms with Gasteiger partial charge in [-0.15, -0.1) is 0 Å². The van der Waals surface area contributed by atoms with E-state index < -0.39 is 0 Å². The normalized spacial score (nSPS) is 24.8. The van der Waals surface area contributed by atoms with E-state index in [-0.39, 0.29) is 5.41 Å². The number of rotatable bonds is 4. The third-order valence-corrected chi connectivity index (χ3v) is 5.33. The summed E-state index contributed by atoms with van der Waals surface area (Å²) in [5.41, 5.74) is 8.20. The van der Waals surface area contributed by atoms with E-state index in [4.69, 9.17) is 10.5 Å². The predicted octanol–water partition coefficient (Wildman–Crippen LogP) is 2.78. The molecular formula is C15H21N3OS. The van der Waals surface area contributed by atoms with Gasteiger partial charge in [0.25, 0.3) is 0 Å². The molecule has 1 saturated carbocycles. The Morgan fingerprint density at radius 1 is 1.50 bits per heavy atom. The van der Waals surface area contributed by atoms with E-state index in [9.17, 15) is 0 Å². The highest BCUT2D eigenvalue weighted by atomic mass is 32.1. The van der Waals surface area contributed by atoms with Crippen molar-refractivity contribution in [3.8, 4) is 0 Å². The van der Waals surface area contributed by atoms with Gasteiger partial charge >= 0.3 is 0 Å². The molecule has 4 nitrogen and oxygen atoms in total. The molecule has 0 aliphatic heterocycles. The Balaban J connectivity index is 1.66. The molecule has 1 heterocycles. The van der Waals surface area contributed by atoms with E-state index in [0.29, 0.717) is 17.3 Å². The summed E-state index contributed by atoms with van der Waals surface area (Å²) in [6.45, 7) is 5.39. The Morgan fingerprint density at radius 2 is 2.30 bits per heavy atom. The van der Waals surface area contributed by atoms with Crippen LogP contribution < -0.4 is 11.1 Å². The Labute approximate surface area is 123 Å². The lowest BCUT2D eigenvalue weighted by molar-refractivity contribution is -0.0979. The van der Waals surface area contributed by atoms with Crippen LogP contribution in [-0.4, -0.2) is 24.2 Å². The number of ether oxygens (including phenoxy) is 1. The molecule has 2 atom stereocenters. The highest BCUT2D eigenvalue weighted by molar-refractivity contribution is 7.22. The SMILES string of the molecule is COC1CC(NCc2ccc3nc(N)sc3c2)C1(C)C. The molecule has 3 rings (SSSR count). The quantitative estimate of drug-likeness (QED) is 0.909. The summed E-state index contributed by atoms with van der Waals surface area (Å²) in [6.07, 6.45) is 1.45. The number of thiazole rings is 1. The molecule has 0 radical (unpaired) electrons. The topological polar surface area (TPSA) is 60.2 Å². The molecule has 5 heteroatoms. The molecule has 1 aliphatic rings. The third kappa shape index (κ3) is 2.30. The van der Waals surface area contributed by atoms with E-state index in [1.807, 2.05) is 6.07 Å². The molecule has 3 N–H and O–H groups in total. The van der Waals surface area contributed by atoms with Crippen LogP contribution in [0.1, 0.15) is 25.8 Å². The number of nitrogens with one attached hydrogen (secondary N) is 1. The van der Waals surface area contributed by atoms with Crippen molar-refractivity contribution in [1.82, 2.24) is 10.3 Å². The molecular weight excluding hydrogens is 270 g/mol. The molecule has 0 spiro atoms. The average Bonchev–Trinajstić information content (AvgIpc) is 2.77. The van der Waals surface area contributed by atoms with Crippen molar-refractivity contribution in [2.45, 2.75) is 39.0 Å². The van der Waals surface area contributed by atoms with Crippen LogP contribution in [0.4, 0.5) is 5.13 Å². The first kappa shape index (κ1) is 13.8. The number of nitrogens with two attached hydrogens (primary N) is 1. The molecule has 0 amide bonds. The van der Waals surface area contributed by atoms with Crippen LogP contribution in [0.3, 0.4) is 0 Å². The second-order valence-corrected chi connectivity index (χ2v) is 7.13. The fraction of sp³-hybridized carbons (Fsp3) is 0.533. The highest BCUT2D eigenvalue weighted by Crippen LogP contribution is 2.42. The van der Waals surface area contributed by atoms with Gasteiger partial charge in [0, 0.05) is 25.1 Å². The number of benzene rings is 1. The molecule has 1 aliphatic carbocycles. The Bertz CT molecular complexity index is 623. The summed E-state index contributed by atoms with van der Waals surface area (Å²) >= 11 is 1.54. The van der Waals surface area contributed by atoms with Gasteiger partial charge in [-0.1, -0.05) is 31.3 Å². The van der Waals surface area contributed by atoms with E-state index in [2.05, 4.69) is 36.3 Å². The van der Waals surface area contributed by atoms with Crippen molar-refractivity contribution in [3.63, 3.8) is 0 Å². The molecule has 1 aromatic heterocycles. The zero-order valence-electron chi connectivity index (χ0n) is 12.1. The fourth-order valence-corrected chi connectivity index (χ4v) is 3.77. The van der Waals surface area contributed by atoms with E-state index in [1.165, 1.54) is 5.56 Å². The predicted molar refractivity (Wildman–Crippen MR) is 83.9 cm³/mol. The number of methoxy groups -OCH3 is 1. The monoisotopic (exact) mass is 291 g/mol. The minimum Gasteiger partial charge on any atom is -0.381 e. The van der Waals surface area contributed by atoms with Gasteiger partial charge in [0.05, 0.1) is 16.3 Å². The van der Waals surface area contributed by atoms with Crippen molar-refractivity contribution in [3.05, 3.63) is 23.8 Å². The second kappa shape index (κ2) is 4.98. The summed E-state index contributed by atoms with van der Waals surface area (Å²) in [7, 11) is 1.80. The fourth-order valence-electron chi connectivity index (χ4n) is 2.97. The maximum absolute atomic E-state index is 5.74. The summed E-state index contributed by atoms with van der Waals surface area (Å²) in [5, 5.41) is 4.27. The van der Waals surface area contributed by atoms with Crippen molar-refractivity contribution in [2.75, 3.05) is 12.8 Å². The Kier molecular flexibility index (Phi) is 3.44. The maximum Gasteiger partial charge on any atom is 0.181 e. The smallest absolute Gasteiger partial charge is 0.181 e. The zero-order valence-corrected chi connectivity index (χ0v) is 13.0. The second-order valence-electron chi connectivity index (χ2n) is 6.07. The number of nitrogens with zero attached hydrogens (tertiary/aromatic N) is 1. The molecule has 108 valence electrons. The highest BCUT2D eigenvalue weighted by Gasteiger charge is 2.48. The van der Waals surface area contributed by atoms with Crippen LogP contribution >= 0.6 is 11.3 Å². The lowest BCUT2D eigenvalue weighted by Crippen LogP contribution is -2.60. The van der Waals surface area contributed by atoms with Gasteiger partial charge < -0.3 is 15.8 Å². The van der Waals surface area contributed by atoms with Crippen LogP contribution in [0.2, 0.25) is 0 Å². The Morgan fingerprint density at radius 3 is 3.00 bits per heavy atom. The number of hydrogen-bond acceptors (Lipinski definition) is 5. The molecule has 0 saturated heterocycles. The summed E-state index contributed by atoms with van der Waals surface area (Å²) in [5.74, 6) is 0. The standard InChI is InChI=1S/C15H21N3OS/c1-15(2)12(7-13(15)19-3)17-8-9-4-5-10-11(6-9)20-14(16)18-10/h4-6,12-13,17H,7-8H2,1-3H3,(H2,16,18). The number of aromatic nitrogens is 1. The van der Waals surface area contributed by atoms with Gasteiger partial charge in [-0.25, -0.2) is 4.98 Å². The lowest BCUT2D eigenvalue weighted by Gasteiger charge is -2.51. The summed E-state index contributed by atoms with van der Waals surface area (Å²) in [4.78, 5) is 4.28. The first-order valence-electron chi connectivity index (χ1n) is 6.92. The first-order chi connectivity index (χ1) is 9.50. The van der Waals surface area contributed by atoms with Crippen LogP contribution in [0.5, 0.6) is 0 Å². The van der Waals surface area contributed by atoms with Crippen molar-refractivity contribution in [2.24, 2.45) is 5.41 Å². The van der Waals surface area contributed by atoms with Gasteiger partial charge in [-0.3, -0.25) is 0 Å². The van der Waals surface area contributed by atoms with E-state index in [0.717, 1.165) is 23.2 Å².